The molecule has 0 aromatic heterocycles. The first-order valence-electron chi connectivity index (χ1n) is 11.9. The lowest BCUT2D eigenvalue weighted by molar-refractivity contribution is -0.144. The van der Waals surface area contributed by atoms with Crippen LogP contribution in [0.25, 0.3) is 0 Å². The van der Waals surface area contributed by atoms with Crippen molar-refractivity contribution in [2.45, 2.75) is 88.5 Å². The van der Waals surface area contributed by atoms with Crippen molar-refractivity contribution in [3.8, 4) is 0 Å². The molecule has 0 bridgehead atoms. The molecule has 1 fully saturated rings. The van der Waals surface area contributed by atoms with Gasteiger partial charge in [0.2, 0.25) is 0 Å². The minimum absolute atomic E-state index is 0.0353. The number of hydrogen-bond acceptors (Lipinski definition) is 4. The zero-order valence-corrected chi connectivity index (χ0v) is 19.6. The highest BCUT2D eigenvalue weighted by atomic mass is 35.5. The molecular formula is C26H39ClO4. The van der Waals surface area contributed by atoms with E-state index in [1.54, 1.807) is 0 Å². The molecule has 2 N–H and O–H groups in total. The molecule has 4 atom stereocenters. The maximum atomic E-state index is 11.4. The minimum atomic E-state index is -0.405. The van der Waals surface area contributed by atoms with Gasteiger partial charge in [0.15, 0.2) is 0 Å². The van der Waals surface area contributed by atoms with Crippen LogP contribution in [-0.2, 0) is 16.0 Å². The lowest BCUT2D eigenvalue weighted by atomic mass is 9.85. The van der Waals surface area contributed by atoms with Crippen LogP contribution in [-0.4, -0.2) is 40.9 Å². The Morgan fingerprint density at radius 3 is 2.65 bits per heavy atom. The van der Waals surface area contributed by atoms with Gasteiger partial charge >= 0.3 is 5.97 Å². The monoisotopic (exact) mass is 450 g/mol. The van der Waals surface area contributed by atoms with Gasteiger partial charge in [-0.15, -0.1) is 11.6 Å². The Bertz CT molecular complexity index is 658. The van der Waals surface area contributed by atoms with Gasteiger partial charge in [-0.2, -0.15) is 0 Å². The number of unbranched alkanes of at least 4 members (excludes halogenated alkanes) is 4. The Balaban J connectivity index is 1.83. The summed E-state index contributed by atoms with van der Waals surface area (Å²) in [5.41, 5.74) is 2.54. The molecule has 31 heavy (non-hydrogen) atoms. The first kappa shape index (κ1) is 25.9. The Labute approximate surface area is 192 Å². The van der Waals surface area contributed by atoms with E-state index in [-0.39, 0.29) is 36.4 Å². The van der Waals surface area contributed by atoms with Gasteiger partial charge < -0.3 is 14.9 Å². The van der Waals surface area contributed by atoms with Crippen LogP contribution in [0.3, 0.4) is 0 Å². The average Bonchev–Trinajstić information content (AvgIpc) is 3.05. The number of carbonyl (C=O) groups excluding carboxylic acids is 1. The van der Waals surface area contributed by atoms with E-state index in [2.05, 4.69) is 43.3 Å². The van der Waals surface area contributed by atoms with Crippen LogP contribution in [0.1, 0.15) is 81.8 Å². The van der Waals surface area contributed by atoms with E-state index in [1.807, 2.05) is 0 Å². The second kappa shape index (κ2) is 14.7. The third kappa shape index (κ3) is 8.96. The van der Waals surface area contributed by atoms with Crippen molar-refractivity contribution in [2.24, 2.45) is 5.92 Å². The summed E-state index contributed by atoms with van der Waals surface area (Å²) in [5.74, 6) is 0.00338. The second-order valence-corrected chi connectivity index (χ2v) is 9.16. The molecule has 1 aliphatic carbocycles. The number of halogens is 1. The molecule has 2 rings (SSSR count). The zero-order chi connectivity index (χ0) is 22.5. The smallest absolute Gasteiger partial charge is 0.305 e. The number of carbonyl (C=O) groups is 1. The molecule has 0 radical (unpaired) electrons. The molecule has 0 aliphatic heterocycles. The predicted molar refractivity (Wildman–Crippen MR) is 126 cm³/mol. The maximum absolute atomic E-state index is 11.4. The highest BCUT2D eigenvalue weighted by Gasteiger charge is 2.41. The van der Waals surface area contributed by atoms with Crippen molar-refractivity contribution in [3.63, 3.8) is 0 Å². The van der Waals surface area contributed by atoms with Gasteiger partial charge in [-0.1, -0.05) is 62.6 Å². The molecule has 1 aromatic rings. The van der Waals surface area contributed by atoms with Crippen LogP contribution in [0, 0.1) is 5.92 Å². The first-order valence-corrected chi connectivity index (χ1v) is 12.3. The molecule has 0 heterocycles. The van der Waals surface area contributed by atoms with Gasteiger partial charge in [0, 0.05) is 17.7 Å². The fraction of sp³-hybridized carbons (Fsp3) is 0.654. The lowest BCUT2D eigenvalue weighted by Gasteiger charge is -2.23. The number of aliphatic hydroxyl groups is 2. The molecule has 0 unspecified atom stereocenters. The first-order chi connectivity index (χ1) is 15.1. The highest BCUT2D eigenvalue weighted by molar-refractivity contribution is 6.21. The van der Waals surface area contributed by atoms with E-state index >= 15 is 0 Å². The molecule has 4 nitrogen and oxygen atoms in total. The van der Waals surface area contributed by atoms with Crippen molar-refractivity contribution in [3.05, 3.63) is 47.5 Å². The summed E-state index contributed by atoms with van der Waals surface area (Å²) in [6, 6.07) is 8.76. The quantitative estimate of drug-likeness (QED) is 0.169. The van der Waals surface area contributed by atoms with Gasteiger partial charge in [0.25, 0.3) is 0 Å². The van der Waals surface area contributed by atoms with Gasteiger partial charge in [-0.05, 0) is 55.6 Å². The third-order valence-electron chi connectivity index (χ3n) is 6.17. The lowest BCUT2D eigenvalue weighted by Crippen LogP contribution is -2.18. The second-order valence-electron chi connectivity index (χ2n) is 8.60. The molecule has 5 heteroatoms. The van der Waals surface area contributed by atoms with Crippen molar-refractivity contribution in [1.29, 1.82) is 0 Å². The third-order valence-corrected chi connectivity index (χ3v) is 6.67. The molecule has 1 aromatic carbocycles. The van der Waals surface area contributed by atoms with Gasteiger partial charge in [-0.3, -0.25) is 4.79 Å². The Morgan fingerprint density at radius 2 is 1.94 bits per heavy atom. The van der Waals surface area contributed by atoms with Crippen LogP contribution in [0.5, 0.6) is 0 Å². The zero-order valence-electron chi connectivity index (χ0n) is 18.8. The van der Waals surface area contributed by atoms with E-state index in [1.165, 1.54) is 36.8 Å². The highest BCUT2D eigenvalue weighted by Crippen LogP contribution is 2.44. The number of alkyl halides is 1. The molecule has 0 spiro atoms. The number of benzene rings is 1. The molecular weight excluding hydrogens is 412 g/mol. The molecule has 0 amide bonds. The van der Waals surface area contributed by atoms with Crippen molar-refractivity contribution < 1.29 is 19.7 Å². The maximum Gasteiger partial charge on any atom is 0.305 e. The fourth-order valence-electron chi connectivity index (χ4n) is 4.46. The number of hydrogen-bond donors (Lipinski definition) is 2. The van der Waals surface area contributed by atoms with Crippen LogP contribution in [0.15, 0.2) is 36.4 Å². The Morgan fingerprint density at radius 1 is 1.16 bits per heavy atom. The van der Waals surface area contributed by atoms with Gasteiger partial charge in [-0.25, -0.2) is 0 Å². The SMILES string of the molecule is CCCCCCc1ccc([C@@H]2[C@@H](C/C=C\CCCC(=O)OCCO)[C@H](Cl)C[C@H]2O)cc1. The summed E-state index contributed by atoms with van der Waals surface area (Å²) in [4.78, 5) is 11.4. The number of rotatable bonds is 14. The van der Waals surface area contributed by atoms with E-state index in [4.69, 9.17) is 21.4 Å². The van der Waals surface area contributed by atoms with E-state index < -0.39 is 6.10 Å². The average molecular weight is 451 g/mol. The molecule has 174 valence electrons. The topological polar surface area (TPSA) is 66.8 Å². The Hall–Kier alpha value is -1.36. The van der Waals surface area contributed by atoms with E-state index in [0.717, 1.165) is 25.7 Å². The van der Waals surface area contributed by atoms with Crippen LogP contribution < -0.4 is 0 Å². The summed E-state index contributed by atoms with van der Waals surface area (Å²) in [5, 5.41) is 19.3. The number of ether oxygens (including phenoxy) is 1. The van der Waals surface area contributed by atoms with Crippen LogP contribution in [0.2, 0.25) is 0 Å². The van der Waals surface area contributed by atoms with E-state index in [0.29, 0.717) is 12.8 Å². The number of esters is 1. The summed E-state index contributed by atoms with van der Waals surface area (Å²) < 4.78 is 4.85. The molecule has 1 saturated carbocycles. The normalized spacial score (nSPS) is 23.5. The van der Waals surface area contributed by atoms with E-state index in [9.17, 15) is 9.90 Å². The number of aryl methyl sites for hydroxylation is 1. The Kier molecular flexibility index (Phi) is 12.2. The van der Waals surface area contributed by atoms with Crippen molar-refractivity contribution >= 4 is 17.6 Å². The van der Waals surface area contributed by atoms with Crippen molar-refractivity contribution in [2.75, 3.05) is 13.2 Å². The van der Waals surface area contributed by atoms with Gasteiger partial charge in [0.05, 0.1) is 12.7 Å². The number of aliphatic hydroxyl groups excluding tert-OH is 2. The summed E-state index contributed by atoms with van der Waals surface area (Å²) in [6.07, 6.45) is 13.3. The summed E-state index contributed by atoms with van der Waals surface area (Å²) in [7, 11) is 0. The minimum Gasteiger partial charge on any atom is -0.463 e. The number of allylic oxidation sites excluding steroid dienone is 2. The summed E-state index contributed by atoms with van der Waals surface area (Å²) in [6.45, 7) is 2.16. The van der Waals surface area contributed by atoms with Crippen molar-refractivity contribution in [1.82, 2.24) is 0 Å². The predicted octanol–water partition coefficient (Wildman–Crippen LogP) is 5.53. The largest absolute Gasteiger partial charge is 0.463 e. The molecule has 0 saturated heterocycles. The standard InChI is InChI=1S/C26H39ClO4/c1-2-3-4-7-10-20-13-15-21(16-14-20)26-22(23(27)19-24(26)29)11-8-5-6-9-12-25(30)31-18-17-28/h5,8,13-16,22-24,26,28-29H,2-4,6-7,9-12,17-19H2,1H3/b8-5-/t22-,23+,24+,26+/m0/s1. The summed E-state index contributed by atoms with van der Waals surface area (Å²) >= 11 is 6.60. The fourth-order valence-corrected chi connectivity index (χ4v) is 4.90. The molecule has 1 aliphatic rings. The van der Waals surface area contributed by atoms with Gasteiger partial charge in [0.1, 0.15) is 6.61 Å². The van der Waals surface area contributed by atoms with Crippen LogP contribution >= 0.6 is 11.6 Å². The van der Waals surface area contributed by atoms with Crippen LogP contribution in [0.4, 0.5) is 0 Å².